The molecule has 0 unspecified atom stereocenters. The topological polar surface area (TPSA) is 39.2 Å². The van der Waals surface area contributed by atoms with Gasteiger partial charge in [-0.1, -0.05) is 50.5 Å². The molecule has 0 amide bonds. The van der Waals surface area contributed by atoms with Gasteiger partial charge in [0.1, 0.15) is 16.6 Å². The van der Waals surface area contributed by atoms with Crippen LogP contribution in [0.4, 0.5) is 4.39 Å². The average Bonchev–Trinajstić information content (AvgIpc) is 3.15. The Kier molecular flexibility index (Phi) is 6.93. The van der Waals surface area contributed by atoms with Crippen LogP contribution in [-0.2, 0) is 11.2 Å². The molecule has 0 saturated carbocycles. The van der Waals surface area contributed by atoms with Crippen molar-refractivity contribution >= 4 is 17.3 Å². The van der Waals surface area contributed by atoms with Crippen LogP contribution in [0.1, 0.15) is 45.1 Å². The second kappa shape index (κ2) is 9.60. The first-order valence-corrected chi connectivity index (χ1v) is 10.4. The van der Waals surface area contributed by atoms with Gasteiger partial charge in [0.15, 0.2) is 0 Å². The number of thiazole rings is 1. The van der Waals surface area contributed by atoms with Crippen LogP contribution in [0.3, 0.4) is 0 Å². The van der Waals surface area contributed by atoms with Gasteiger partial charge in [0.2, 0.25) is 0 Å². The Bertz CT molecular complexity index is 934. The van der Waals surface area contributed by atoms with Gasteiger partial charge in [-0.3, -0.25) is 4.79 Å². The predicted octanol–water partition coefficient (Wildman–Crippen LogP) is 6.66. The Morgan fingerprint density at radius 2 is 1.89 bits per heavy atom. The van der Waals surface area contributed by atoms with Crippen LogP contribution in [-0.4, -0.2) is 11.0 Å². The smallest absolute Gasteiger partial charge is 0.308 e. The number of esters is 1. The first kappa shape index (κ1) is 20.2. The number of rotatable bonds is 8. The molecule has 28 heavy (non-hydrogen) atoms. The van der Waals surface area contributed by atoms with Crippen molar-refractivity contribution in [2.24, 2.45) is 0 Å². The number of nitrogens with zero attached hydrogens (tertiary/aromatic N) is 1. The fraction of sp³-hybridized carbons (Fsp3) is 0.304. The van der Waals surface area contributed by atoms with Crippen molar-refractivity contribution in [3.8, 4) is 26.8 Å². The summed E-state index contributed by atoms with van der Waals surface area (Å²) in [5.41, 5.74) is 2.83. The normalized spacial score (nSPS) is 10.8. The summed E-state index contributed by atoms with van der Waals surface area (Å²) in [6.45, 7) is 3.51. The van der Waals surface area contributed by atoms with Crippen LogP contribution < -0.4 is 4.74 Å². The highest BCUT2D eigenvalue weighted by molar-refractivity contribution is 7.18. The van der Waals surface area contributed by atoms with E-state index in [9.17, 15) is 9.18 Å². The van der Waals surface area contributed by atoms with Gasteiger partial charge >= 0.3 is 5.97 Å². The molecule has 3 nitrogen and oxygen atoms in total. The van der Waals surface area contributed by atoms with E-state index >= 15 is 0 Å². The van der Waals surface area contributed by atoms with Crippen molar-refractivity contribution < 1.29 is 13.9 Å². The van der Waals surface area contributed by atoms with E-state index in [2.05, 4.69) is 36.2 Å². The summed E-state index contributed by atoms with van der Waals surface area (Å²) in [5.74, 6) is -0.736. The number of carbonyl (C=O) groups is 1. The van der Waals surface area contributed by atoms with Gasteiger partial charge in [-0.2, -0.15) is 0 Å². The average molecular weight is 398 g/mol. The number of aryl methyl sites for hydroxylation is 1. The second-order valence-electron chi connectivity index (χ2n) is 6.77. The van der Waals surface area contributed by atoms with Crippen LogP contribution in [0.25, 0.3) is 21.0 Å². The third kappa shape index (κ3) is 5.26. The Labute approximate surface area is 169 Å². The fourth-order valence-corrected chi connectivity index (χ4v) is 3.97. The van der Waals surface area contributed by atoms with Crippen LogP contribution in [0, 0.1) is 5.82 Å². The lowest BCUT2D eigenvalue weighted by molar-refractivity contribution is -0.131. The molecule has 0 radical (unpaired) electrons. The van der Waals surface area contributed by atoms with E-state index < -0.39 is 11.8 Å². The Hall–Kier alpha value is -2.53. The largest absolute Gasteiger partial charge is 0.427 e. The van der Waals surface area contributed by atoms with Crippen molar-refractivity contribution in [3.63, 3.8) is 0 Å². The van der Waals surface area contributed by atoms with Gasteiger partial charge in [-0.05, 0) is 36.1 Å². The first-order chi connectivity index (χ1) is 13.6. The summed E-state index contributed by atoms with van der Waals surface area (Å²) < 4.78 is 19.3. The number of aromatic nitrogens is 1. The van der Waals surface area contributed by atoms with Crippen molar-refractivity contribution in [1.29, 1.82) is 0 Å². The molecule has 0 aliphatic carbocycles. The lowest BCUT2D eigenvalue weighted by atomic mass is 10.0. The van der Waals surface area contributed by atoms with E-state index in [1.165, 1.54) is 55.6 Å². The van der Waals surface area contributed by atoms with Crippen LogP contribution in [0.15, 0.2) is 48.7 Å². The second-order valence-corrected chi connectivity index (χ2v) is 7.80. The van der Waals surface area contributed by atoms with Gasteiger partial charge in [0.05, 0.1) is 4.88 Å². The van der Waals surface area contributed by atoms with Gasteiger partial charge in [0.25, 0.3) is 0 Å². The fourth-order valence-electron chi connectivity index (χ4n) is 3.02. The Morgan fingerprint density at radius 1 is 1.11 bits per heavy atom. The molecule has 0 aliphatic rings. The van der Waals surface area contributed by atoms with Crippen molar-refractivity contribution in [1.82, 2.24) is 4.98 Å². The highest BCUT2D eigenvalue weighted by atomic mass is 32.1. The molecule has 5 heteroatoms. The summed E-state index contributed by atoms with van der Waals surface area (Å²) in [4.78, 5) is 16.4. The van der Waals surface area contributed by atoms with Crippen LogP contribution in [0.2, 0.25) is 0 Å². The molecule has 0 fully saturated rings. The summed E-state index contributed by atoms with van der Waals surface area (Å²) >= 11 is 1.44. The standard InChI is InChI=1S/C23H24FNO2S/c1-3-4-5-6-7-17-8-10-18(11-9-17)22-15-25-23(28-22)20-13-12-19(14-21(20)24)27-16(2)26/h8-15H,3-7H2,1-2H3. The summed E-state index contributed by atoms with van der Waals surface area (Å²) in [6.07, 6.45) is 7.92. The SMILES string of the molecule is CCCCCCc1ccc(-c2cnc(-c3ccc(OC(C)=O)cc3F)s2)cc1. The molecule has 146 valence electrons. The maximum Gasteiger partial charge on any atom is 0.308 e. The van der Waals surface area contributed by atoms with E-state index in [0.29, 0.717) is 10.6 Å². The van der Waals surface area contributed by atoms with Crippen molar-refractivity contribution in [3.05, 3.63) is 60.0 Å². The van der Waals surface area contributed by atoms with Gasteiger partial charge in [-0.25, -0.2) is 9.37 Å². The van der Waals surface area contributed by atoms with E-state index in [-0.39, 0.29) is 5.75 Å². The molecule has 0 N–H and O–H groups in total. The Morgan fingerprint density at radius 3 is 2.57 bits per heavy atom. The molecule has 0 spiro atoms. The molecule has 0 bridgehead atoms. The molecular weight excluding hydrogens is 373 g/mol. The first-order valence-electron chi connectivity index (χ1n) is 9.60. The number of hydrogen-bond acceptors (Lipinski definition) is 4. The lowest BCUT2D eigenvalue weighted by Crippen LogP contribution is -2.01. The number of ether oxygens (including phenoxy) is 1. The minimum atomic E-state index is -0.475. The van der Waals surface area contributed by atoms with Crippen molar-refractivity contribution in [2.75, 3.05) is 0 Å². The van der Waals surface area contributed by atoms with Crippen LogP contribution >= 0.6 is 11.3 Å². The summed E-state index contributed by atoms with van der Waals surface area (Å²) in [5, 5.41) is 0.602. The molecule has 0 saturated heterocycles. The maximum absolute atomic E-state index is 14.4. The summed E-state index contributed by atoms with van der Waals surface area (Å²) in [6, 6.07) is 12.9. The predicted molar refractivity (Wildman–Crippen MR) is 112 cm³/mol. The number of hydrogen-bond donors (Lipinski definition) is 0. The van der Waals surface area contributed by atoms with E-state index in [1.54, 1.807) is 18.3 Å². The molecule has 3 aromatic rings. The summed E-state index contributed by atoms with van der Waals surface area (Å²) in [7, 11) is 0. The van der Waals surface area contributed by atoms with Gasteiger partial charge in [-0.15, -0.1) is 11.3 Å². The highest BCUT2D eigenvalue weighted by Gasteiger charge is 2.12. The zero-order valence-electron chi connectivity index (χ0n) is 16.2. The van der Waals surface area contributed by atoms with E-state index in [4.69, 9.17) is 4.74 Å². The lowest BCUT2D eigenvalue weighted by Gasteiger charge is -2.04. The minimum absolute atomic E-state index is 0.194. The third-order valence-electron chi connectivity index (χ3n) is 4.50. The minimum Gasteiger partial charge on any atom is -0.427 e. The molecule has 3 rings (SSSR count). The third-order valence-corrected chi connectivity index (χ3v) is 5.58. The van der Waals surface area contributed by atoms with E-state index in [0.717, 1.165) is 16.9 Å². The highest BCUT2D eigenvalue weighted by Crippen LogP contribution is 2.34. The van der Waals surface area contributed by atoms with Crippen molar-refractivity contribution in [2.45, 2.75) is 46.0 Å². The zero-order chi connectivity index (χ0) is 19.9. The maximum atomic E-state index is 14.4. The molecule has 2 aromatic carbocycles. The number of unbranched alkanes of at least 4 members (excludes halogenated alkanes) is 3. The molecule has 1 heterocycles. The molecule has 0 aliphatic heterocycles. The zero-order valence-corrected chi connectivity index (χ0v) is 17.0. The number of halogens is 1. The quantitative estimate of drug-likeness (QED) is 0.242. The molecule has 0 atom stereocenters. The van der Waals surface area contributed by atoms with Gasteiger partial charge < -0.3 is 4.74 Å². The number of benzene rings is 2. The molecular formula is C23H24FNO2S. The van der Waals surface area contributed by atoms with Crippen LogP contribution in [0.5, 0.6) is 5.75 Å². The van der Waals surface area contributed by atoms with E-state index in [1.807, 2.05) is 0 Å². The number of carbonyl (C=O) groups excluding carboxylic acids is 1. The Balaban J connectivity index is 1.71. The monoisotopic (exact) mass is 397 g/mol. The molecule has 1 aromatic heterocycles. The van der Waals surface area contributed by atoms with Gasteiger partial charge in [0, 0.05) is 24.8 Å².